The van der Waals surface area contributed by atoms with E-state index in [1.807, 2.05) is 60.7 Å². The highest BCUT2D eigenvalue weighted by Crippen LogP contribution is 2.25. The van der Waals surface area contributed by atoms with Crippen LogP contribution in [0, 0.1) is 0 Å². The van der Waals surface area contributed by atoms with Crippen LogP contribution < -0.4 is 5.32 Å². The molecule has 0 heterocycles. The third kappa shape index (κ3) is 4.90. The number of rotatable bonds is 7. The molecule has 0 aromatic heterocycles. The first-order valence-corrected chi connectivity index (χ1v) is 11.2. The molecule has 0 aliphatic heterocycles. The first-order chi connectivity index (χ1) is 14.3. The Morgan fingerprint density at radius 2 is 1.47 bits per heavy atom. The number of halogens is 1. The molecule has 0 unspecified atom stereocenters. The van der Waals surface area contributed by atoms with Gasteiger partial charge in [-0.3, -0.25) is 4.79 Å². The summed E-state index contributed by atoms with van der Waals surface area (Å²) in [6.07, 6.45) is 0. The van der Waals surface area contributed by atoms with Gasteiger partial charge in [-0.15, -0.1) is 0 Å². The Kier molecular flexibility index (Phi) is 6.92. The highest BCUT2D eigenvalue weighted by molar-refractivity contribution is 7.89. The van der Waals surface area contributed by atoms with Crippen LogP contribution in [0.3, 0.4) is 0 Å². The van der Waals surface area contributed by atoms with Gasteiger partial charge in [-0.05, 0) is 29.3 Å². The fraction of sp³-hybridized carbons (Fsp3) is 0.174. The lowest BCUT2D eigenvalue weighted by atomic mass is 9.91. The van der Waals surface area contributed by atoms with Crippen LogP contribution in [0.25, 0.3) is 0 Å². The molecule has 30 heavy (non-hydrogen) atoms. The van der Waals surface area contributed by atoms with Crippen molar-refractivity contribution in [1.82, 2.24) is 9.62 Å². The monoisotopic (exact) mass is 442 g/mol. The van der Waals surface area contributed by atoms with E-state index in [0.717, 1.165) is 15.4 Å². The number of benzene rings is 3. The first-order valence-electron chi connectivity index (χ1n) is 9.41. The van der Waals surface area contributed by atoms with Gasteiger partial charge in [0.05, 0.1) is 15.5 Å². The van der Waals surface area contributed by atoms with E-state index in [1.54, 1.807) is 0 Å². The predicted molar refractivity (Wildman–Crippen MR) is 119 cm³/mol. The van der Waals surface area contributed by atoms with Gasteiger partial charge in [0, 0.05) is 26.6 Å². The summed E-state index contributed by atoms with van der Waals surface area (Å²) in [5.74, 6) is -0.475. The van der Waals surface area contributed by atoms with Crippen LogP contribution in [-0.2, 0) is 10.0 Å². The summed E-state index contributed by atoms with van der Waals surface area (Å²) in [4.78, 5) is 12.9. The van der Waals surface area contributed by atoms with Crippen molar-refractivity contribution in [3.05, 3.63) is 101 Å². The Labute approximate surface area is 182 Å². The topological polar surface area (TPSA) is 66.5 Å². The number of amides is 1. The summed E-state index contributed by atoms with van der Waals surface area (Å²) in [5, 5.41) is 3.11. The van der Waals surface area contributed by atoms with Crippen molar-refractivity contribution in [2.24, 2.45) is 0 Å². The average Bonchev–Trinajstić information content (AvgIpc) is 2.75. The Hall–Kier alpha value is -2.67. The van der Waals surface area contributed by atoms with E-state index in [9.17, 15) is 13.2 Å². The van der Waals surface area contributed by atoms with E-state index < -0.39 is 15.9 Å². The Morgan fingerprint density at radius 3 is 1.97 bits per heavy atom. The van der Waals surface area contributed by atoms with Gasteiger partial charge in [-0.2, -0.15) is 0 Å². The minimum absolute atomic E-state index is 0.0183. The molecule has 3 rings (SSSR count). The largest absolute Gasteiger partial charge is 0.351 e. The second kappa shape index (κ2) is 9.43. The lowest BCUT2D eigenvalue weighted by Crippen LogP contribution is -2.29. The minimum Gasteiger partial charge on any atom is -0.351 e. The summed E-state index contributed by atoms with van der Waals surface area (Å²) >= 11 is 6.20. The molecule has 0 spiro atoms. The number of nitrogens with one attached hydrogen (secondary N) is 1. The van der Waals surface area contributed by atoms with E-state index >= 15 is 0 Å². The molecule has 3 aromatic carbocycles. The van der Waals surface area contributed by atoms with Crippen LogP contribution >= 0.6 is 11.6 Å². The Balaban J connectivity index is 1.86. The number of sulfonamides is 1. The maximum absolute atomic E-state index is 12.9. The normalized spacial score (nSPS) is 11.6. The second-order valence-electron chi connectivity index (χ2n) is 7.01. The van der Waals surface area contributed by atoms with Crippen molar-refractivity contribution in [3.63, 3.8) is 0 Å². The van der Waals surface area contributed by atoms with Crippen molar-refractivity contribution < 1.29 is 13.2 Å². The van der Waals surface area contributed by atoms with Gasteiger partial charge in [-0.25, -0.2) is 12.7 Å². The number of hydrogen-bond donors (Lipinski definition) is 1. The minimum atomic E-state index is -3.67. The number of nitrogens with zero attached hydrogens (tertiary/aromatic N) is 1. The van der Waals surface area contributed by atoms with Crippen LogP contribution in [0.2, 0.25) is 5.02 Å². The molecule has 5 nitrogen and oxygen atoms in total. The first kappa shape index (κ1) is 22.0. The Bertz CT molecular complexity index is 1080. The lowest BCUT2D eigenvalue weighted by molar-refractivity contribution is 0.0952. The van der Waals surface area contributed by atoms with E-state index in [1.165, 1.54) is 32.3 Å². The molecule has 1 amide bonds. The number of carbonyl (C=O) groups excluding carboxylic acids is 1. The average molecular weight is 443 g/mol. The molecule has 0 bridgehead atoms. The van der Waals surface area contributed by atoms with Crippen molar-refractivity contribution >= 4 is 27.5 Å². The number of carbonyl (C=O) groups is 1. The van der Waals surface area contributed by atoms with Crippen LogP contribution in [0.5, 0.6) is 0 Å². The molecule has 0 saturated heterocycles. The van der Waals surface area contributed by atoms with Crippen LogP contribution in [0.4, 0.5) is 0 Å². The zero-order valence-electron chi connectivity index (χ0n) is 16.7. The summed E-state index contributed by atoms with van der Waals surface area (Å²) in [6, 6.07) is 23.9. The highest BCUT2D eigenvalue weighted by atomic mass is 35.5. The molecule has 0 aliphatic rings. The summed E-state index contributed by atoms with van der Waals surface area (Å²) in [6.45, 7) is 0.341. The van der Waals surface area contributed by atoms with Gasteiger partial charge in [0.1, 0.15) is 0 Å². The third-order valence-electron chi connectivity index (χ3n) is 4.83. The zero-order valence-corrected chi connectivity index (χ0v) is 18.3. The lowest BCUT2D eigenvalue weighted by Gasteiger charge is -2.19. The van der Waals surface area contributed by atoms with Crippen LogP contribution in [0.1, 0.15) is 27.4 Å². The number of hydrogen-bond acceptors (Lipinski definition) is 3. The van der Waals surface area contributed by atoms with Crippen molar-refractivity contribution in [2.75, 3.05) is 20.6 Å². The predicted octanol–water partition coefficient (Wildman–Crippen LogP) is 4.15. The van der Waals surface area contributed by atoms with Gasteiger partial charge >= 0.3 is 0 Å². The molecule has 0 saturated carbocycles. The quantitative estimate of drug-likeness (QED) is 0.597. The van der Waals surface area contributed by atoms with Gasteiger partial charge in [0.15, 0.2) is 0 Å². The maximum atomic E-state index is 12.9. The fourth-order valence-corrected chi connectivity index (χ4v) is 4.27. The van der Waals surface area contributed by atoms with Crippen molar-refractivity contribution in [3.8, 4) is 0 Å². The van der Waals surface area contributed by atoms with Gasteiger partial charge < -0.3 is 5.32 Å². The molecule has 3 aromatic rings. The van der Waals surface area contributed by atoms with Gasteiger partial charge in [0.25, 0.3) is 5.91 Å². The molecule has 0 atom stereocenters. The molecular formula is C23H23ClN2O3S. The van der Waals surface area contributed by atoms with E-state index in [0.29, 0.717) is 6.54 Å². The van der Waals surface area contributed by atoms with E-state index in [4.69, 9.17) is 11.6 Å². The second-order valence-corrected chi connectivity index (χ2v) is 9.57. The molecule has 156 valence electrons. The molecular weight excluding hydrogens is 420 g/mol. The van der Waals surface area contributed by atoms with Crippen molar-refractivity contribution in [1.29, 1.82) is 0 Å². The molecule has 1 N–H and O–H groups in total. The molecule has 7 heteroatoms. The summed E-state index contributed by atoms with van der Waals surface area (Å²) in [5.41, 5.74) is 2.26. The van der Waals surface area contributed by atoms with Gasteiger partial charge in [-0.1, -0.05) is 72.3 Å². The zero-order chi connectivity index (χ0) is 21.7. The van der Waals surface area contributed by atoms with E-state index in [2.05, 4.69) is 5.32 Å². The van der Waals surface area contributed by atoms with E-state index in [-0.39, 0.29) is 21.4 Å². The SMILES string of the molecule is CN(C)S(=O)(=O)c1ccc(Cl)c(C(=O)NCC(c2ccccc2)c2ccccc2)c1. The fourth-order valence-electron chi connectivity index (χ4n) is 3.14. The van der Waals surface area contributed by atoms with Crippen molar-refractivity contribution in [2.45, 2.75) is 10.8 Å². The highest BCUT2D eigenvalue weighted by Gasteiger charge is 2.22. The smallest absolute Gasteiger partial charge is 0.252 e. The van der Waals surface area contributed by atoms with Crippen LogP contribution in [0.15, 0.2) is 83.8 Å². The van der Waals surface area contributed by atoms with Gasteiger partial charge in [0.2, 0.25) is 10.0 Å². The Morgan fingerprint density at radius 1 is 0.933 bits per heavy atom. The molecule has 0 fully saturated rings. The summed E-state index contributed by atoms with van der Waals surface area (Å²) < 4.78 is 25.9. The molecule has 0 aliphatic carbocycles. The third-order valence-corrected chi connectivity index (χ3v) is 6.97. The summed E-state index contributed by atoms with van der Waals surface area (Å²) in [7, 11) is -0.795. The molecule has 0 radical (unpaired) electrons. The maximum Gasteiger partial charge on any atom is 0.252 e. The van der Waals surface area contributed by atoms with Crippen LogP contribution in [-0.4, -0.2) is 39.3 Å². The standard InChI is InChI=1S/C23H23ClN2O3S/c1-26(2)30(28,29)19-13-14-22(24)20(15-19)23(27)25-16-21(17-9-5-3-6-10-17)18-11-7-4-8-12-18/h3-15,21H,16H2,1-2H3,(H,25,27).